The standard InChI is InChI=1S/C8H16O2/c1-2-3-4-7(9)8(10)5-6-8/h7,9-10H,2-6H2,1H3/t7-/m0/s1. The van der Waals surface area contributed by atoms with Gasteiger partial charge in [0, 0.05) is 0 Å². The molecule has 0 aliphatic heterocycles. The Morgan fingerprint density at radius 3 is 2.50 bits per heavy atom. The van der Waals surface area contributed by atoms with E-state index in [1.165, 1.54) is 0 Å². The average Bonchev–Trinajstić information content (AvgIpc) is 2.64. The number of unbranched alkanes of at least 4 members (excludes halogenated alkanes) is 1. The predicted molar refractivity (Wildman–Crippen MR) is 39.7 cm³/mol. The third-order valence-electron chi connectivity index (χ3n) is 2.21. The highest BCUT2D eigenvalue weighted by molar-refractivity contribution is 4.99. The van der Waals surface area contributed by atoms with E-state index in [1.54, 1.807) is 0 Å². The molecule has 1 aliphatic rings. The molecule has 0 spiro atoms. The lowest BCUT2D eigenvalue weighted by atomic mass is 10.1. The van der Waals surface area contributed by atoms with E-state index in [4.69, 9.17) is 0 Å². The summed E-state index contributed by atoms with van der Waals surface area (Å²) in [5, 5.41) is 18.7. The molecule has 0 aromatic heterocycles. The molecule has 2 heteroatoms. The fraction of sp³-hybridized carbons (Fsp3) is 1.00. The summed E-state index contributed by atoms with van der Waals surface area (Å²) in [4.78, 5) is 0. The molecule has 1 rings (SSSR count). The SMILES string of the molecule is CCCC[C@H](O)C1(O)CC1. The fourth-order valence-electron chi connectivity index (χ4n) is 1.13. The third kappa shape index (κ3) is 1.70. The molecule has 0 amide bonds. The monoisotopic (exact) mass is 144 g/mol. The minimum Gasteiger partial charge on any atom is -0.390 e. The van der Waals surface area contributed by atoms with Crippen LogP contribution in [0.3, 0.4) is 0 Å². The first-order valence-electron chi connectivity index (χ1n) is 4.09. The Balaban J connectivity index is 2.15. The molecule has 0 radical (unpaired) electrons. The maximum Gasteiger partial charge on any atom is 0.0907 e. The maximum absolute atomic E-state index is 9.37. The van der Waals surface area contributed by atoms with Crippen LogP contribution in [0.4, 0.5) is 0 Å². The number of rotatable bonds is 4. The van der Waals surface area contributed by atoms with Gasteiger partial charge in [-0.15, -0.1) is 0 Å². The Bertz CT molecular complexity index is 108. The van der Waals surface area contributed by atoms with Crippen molar-refractivity contribution in [3.8, 4) is 0 Å². The summed E-state index contributed by atoms with van der Waals surface area (Å²) in [5.41, 5.74) is -0.685. The van der Waals surface area contributed by atoms with Gasteiger partial charge in [0.05, 0.1) is 11.7 Å². The van der Waals surface area contributed by atoms with E-state index in [0.29, 0.717) is 0 Å². The Kier molecular flexibility index (Phi) is 2.32. The highest BCUT2D eigenvalue weighted by atomic mass is 16.3. The molecule has 10 heavy (non-hydrogen) atoms. The van der Waals surface area contributed by atoms with Crippen molar-refractivity contribution in [3.63, 3.8) is 0 Å². The van der Waals surface area contributed by atoms with Crippen LogP contribution in [0.15, 0.2) is 0 Å². The Morgan fingerprint density at radius 2 is 2.10 bits per heavy atom. The molecule has 60 valence electrons. The molecule has 2 N–H and O–H groups in total. The van der Waals surface area contributed by atoms with Gasteiger partial charge in [0.2, 0.25) is 0 Å². The van der Waals surface area contributed by atoms with Crippen molar-refractivity contribution in [2.45, 2.75) is 50.7 Å². The van der Waals surface area contributed by atoms with E-state index in [9.17, 15) is 10.2 Å². The Morgan fingerprint density at radius 1 is 1.50 bits per heavy atom. The van der Waals surface area contributed by atoms with E-state index in [2.05, 4.69) is 6.92 Å². The van der Waals surface area contributed by atoms with Crippen LogP contribution in [0.5, 0.6) is 0 Å². The van der Waals surface area contributed by atoms with Crippen molar-refractivity contribution in [3.05, 3.63) is 0 Å². The van der Waals surface area contributed by atoms with E-state index < -0.39 is 11.7 Å². The fourth-order valence-corrected chi connectivity index (χ4v) is 1.13. The lowest BCUT2D eigenvalue weighted by Gasteiger charge is -2.15. The molecule has 0 bridgehead atoms. The summed E-state index contributed by atoms with van der Waals surface area (Å²) >= 11 is 0. The van der Waals surface area contributed by atoms with Gasteiger partial charge in [-0.3, -0.25) is 0 Å². The van der Waals surface area contributed by atoms with Crippen LogP contribution in [0.25, 0.3) is 0 Å². The molecule has 1 saturated carbocycles. The van der Waals surface area contributed by atoms with E-state index in [0.717, 1.165) is 32.1 Å². The minimum absolute atomic E-state index is 0.465. The summed E-state index contributed by atoms with van der Waals surface area (Å²) in [6.07, 6.45) is 3.98. The molecule has 2 nitrogen and oxygen atoms in total. The maximum atomic E-state index is 9.37. The second kappa shape index (κ2) is 2.89. The molecule has 0 heterocycles. The van der Waals surface area contributed by atoms with Gasteiger partial charge in [-0.1, -0.05) is 19.8 Å². The normalized spacial score (nSPS) is 24.3. The smallest absolute Gasteiger partial charge is 0.0907 e. The van der Waals surface area contributed by atoms with Crippen molar-refractivity contribution >= 4 is 0 Å². The van der Waals surface area contributed by atoms with Crippen molar-refractivity contribution in [2.24, 2.45) is 0 Å². The zero-order chi connectivity index (χ0) is 7.61. The topological polar surface area (TPSA) is 40.5 Å². The van der Waals surface area contributed by atoms with E-state index in [-0.39, 0.29) is 0 Å². The summed E-state index contributed by atoms with van der Waals surface area (Å²) in [6, 6.07) is 0. The number of hydrogen-bond acceptors (Lipinski definition) is 2. The van der Waals surface area contributed by atoms with Crippen LogP contribution >= 0.6 is 0 Å². The summed E-state index contributed by atoms with van der Waals surface area (Å²) in [7, 11) is 0. The number of hydrogen-bond donors (Lipinski definition) is 2. The molecule has 1 fully saturated rings. The van der Waals surface area contributed by atoms with Crippen molar-refractivity contribution < 1.29 is 10.2 Å². The zero-order valence-corrected chi connectivity index (χ0v) is 6.51. The minimum atomic E-state index is -0.685. The lowest BCUT2D eigenvalue weighted by Crippen LogP contribution is -2.27. The van der Waals surface area contributed by atoms with Crippen LogP contribution in [0.1, 0.15) is 39.0 Å². The van der Waals surface area contributed by atoms with Crippen LogP contribution in [0.2, 0.25) is 0 Å². The Hall–Kier alpha value is -0.0800. The van der Waals surface area contributed by atoms with Gasteiger partial charge in [0.15, 0.2) is 0 Å². The summed E-state index contributed by atoms with van der Waals surface area (Å²) in [6.45, 7) is 2.09. The quantitative estimate of drug-likeness (QED) is 0.619. The van der Waals surface area contributed by atoms with Gasteiger partial charge in [-0.25, -0.2) is 0 Å². The van der Waals surface area contributed by atoms with Gasteiger partial charge in [0.1, 0.15) is 0 Å². The van der Waals surface area contributed by atoms with E-state index >= 15 is 0 Å². The third-order valence-corrected chi connectivity index (χ3v) is 2.21. The number of aliphatic hydroxyl groups excluding tert-OH is 1. The van der Waals surface area contributed by atoms with Crippen LogP contribution in [0, 0.1) is 0 Å². The number of aliphatic hydroxyl groups is 2. The highest BCUT2D eigenvalue weighted by Gasteiger charge is 2.46. The zero-order valence-electron chi connectivity index (χ0n) is 6.51. The van der Waals surface area contributed by atoms with Crippen LogP contribution in [-0.4, -0.2) is 21.9 Å². The van der Waals surface area contributed by atoms with Crippen LogP contribution in [-0.2, 0) is 0 Å². The molecular formula is C8H16O2. The van der Waals surface area contributed by atoms with Gasteiger partial charge < -0.3 is 10.2 Å². The van der Waals surface area contributed by atoms with Crippen molar-refractivity contribution in [2.75, 3.05) is 0 Å². The molecule has 0 aromatic rings. The van der Waals surface area contributed by atoms with E-state index in [1.807, 2.05) is 0 Å². The van der Waals surface area contributed by atoms with Crippen molar-refractivity contribution in [1.82, 2.24) is 0 Å². The lowest BCUT2D eigenvalue weighted by molar-refractivity contribution is -0.00589. The van der Waals surface area contributed by atoms with Gasteiger partial charge in [-0.2, -0.15) is 0 Å². The van der Waals surface area contributed by atoms with Gasteiger partial charge >= 0.3 is 0 Å². The summed E-state index contributed by atoms with van der Waals surface area (Å²) < 4.78 is 0. The molecule has 1 atom stereocenters. The van der Waals surface area contributed by atoms with Gasteiger partial charge in [0.25, 0.3) is 0 Å². The second-order valence-electron chi connectivity index (χ2n) is 3.26. The summed E-state index contributed by atoms with van der Waals surface area (Å²) in [5.74, 6) is 0. The van der Waals surface area contributed by atoms with Gasteiger partial charge in [-0.05, 0) is 19.3 Å². The Labute approximate surface area is 61.9 Å². The van der Waals surface area contributed by atoms with Crippen LogP contribution < -0.4 is 0 Å². The largest absolute Gasteiger partial charge is 0.390 e. The predicted octanol–water partition coefficient (Wildman–Crippen LogP) is 1.06. The first kappa shape index (κ1) is 8.02. The molecular weight excluding hydrogens is 128 g/mol. The van der Waals surface area contributed by atoms with Crippen molar-refractivity contribution in [1.29, 1.82) is 0 Å². The molecule has 0 saturated heterocycles. The molecule has 0 aromatic carbocycles. The first-order chi connectivity index (χ1) is 4.69. The second-order valence-corrected chi connectivity index (χ2v) is 3.26. The first-order valence-corrected chi connectivity index (χ1v) is 4.09. The highest BCUT2D eigenvalue weighted by Crippen LogP contribution is 2.39. The average molecular weight is 144 g/mol. The molecule has 1 aliphatic carbocycles. The molecule has 0 unspecified atom stereocenters.